The lowest BCUT2D eigenvalue weighted by molar-refractivity contribution is -0.137. The third-order valence-corrected chi connectivity index (χ3v) is 3.15. The van der Waals surface area contributed by atoms with Crippen molar-refractivity contribution in [2.24, 2.45) is 0 Å². The summed E-state index contributed by atoms with van der Waals surface area (Å²) < 4.78 is 26.1. The van der Waals surface area contributed by atoms with Crippen molar-refractivity contribution in [2.45, 2.75) is 12.5 Å². The number of halogens is 2. The van der Waals surface area contributed by atoms with Gasteiger partial charge in [-0.25, -0.2) is 13.6 Å². The second-order valence-corrected chi connectivity index (χ2v) is 5.18. The first-order valence-electron chi connectivity index (χ1n) is 6.86. The number of imide groups is 1. The minimum absolute atomic E-state index is 0.0938. The summed E-state index contributed by atoms with van der Waals surface area (Å²) in [6.45, 7) is -0.426. The number of amides is 5. The Morgan fingerprint density at radius 3 is 2.46 bits per heavy atom. The van der Waals surface area contributed by atoms with Crippen molar-refractivity contribution in [1.29, 1.82) is 0 Å². The number of nitrogens with zero attached hydrogens (tertiary/aromatic N) is 1. The first-order valence-corrected chi connectivity index (χ1v) is 6.86. The Morgan fingerprint density at radius 1 is 1.25 bits per heavy atom. The molecule has 1 atom stereocenters. The van der Waals surface area contributed by atoms with Crippen LogP contribution in [0.15, 0.2) is 18.2 Å². The Labute approximate surface area is 135 Å². The molecule has 0 saturated carbocycles. The fraction of sp³-hybridized carbons (Fsp3) is 0.286. The van der Waals surface area contributed by atoms with Crippen LogP contribution in [0.3, 0.4) is 0 Å². The highest BCUT2D eigenvalue weighted by atomic mass is 19.1. The number of urea groups is 1. The maximum absolute atomic E-state index is 13.1. The molecule has 1 heterocycles. The molecule has 1 aromatic rings. The maximum atomic E-state index is 13.1. The highest BCUT2D eigenvalue weighted by Gasteiger charge is 2.31. The van der Waals surface area contributed by atoms with Gasteiger partial charge in [-0.1, -0.05) is 0 Å². The van der Waals surface area contributed by atoms with Crippen molar-refractivity contribution < 1.29 is 28.0 Å². The molecule has 24 heavy (non-hydrogen) atoms. The summed E-state index contributed by atoms with van der Waals surface area (Å²) in [5.74, 6) is -3.65. The van der Waals surface area contributed by atoms with E-state index in [1.807, 2.05) is 5.32 Å². The van der Waals surface area contributed by atoms with Gasteiger partial charge in [-0.2, -0.15) is 0 Å². The van der Waals surface area contributed by atoms with Crippen LogP contribution in [0.2, 0.25) is 0 Å². The van der Waals surface area contributed by atoms with E-state index in [9.17, 15) is 28.0 Å². The van der Waals surface area contributed by atoms with Crippen LogP contribution in [0.4, 0.5) is 19.3 Å². The molecule has 8 nitrogen and oxygen atoms in total. The van der Waals surface area contributed by atoms with Gasteiger partial charge in [0.1, 0.15) is 17.7 Å². The molecule has 0 bridgehead atoms. The summed E-state index contributed by atoms with van der Waals surface area (Å²) >= 11 is 0. The van der Waals surface area contributed by atoms with Crippen molar-refractivity contribution in [1.82, 2.24) is 15.5 Å². The summed E-state index contributed by atoms with van der Waals surface area (Å²) in [6, 6.07) is 0.638. The molecule has 0 aromatic heterocycles. The largest absolute Gasteiger partial charge is 0.335 e. The number of hydrogen-bond donors (Lipinski definition) is 3. The molecule has 1 fully saturated rings. The molecule has 0 spiro atoms. The van der Waals surface area contributed by atoms with Gasteiger partial charge in [-0.15, -0.1) is 0 Å². The molecular weight excluding hydrogens is 326 g/mol. The third kappa shape index (κ3) is 4.48. The van der Waals surface area contributed by atoms with Crippen LogP contribution in [0.25, 0.3) is 0 Å². The lowest BCUT2D eigenvalue weighted by Gasteiger charge is -2.26. The van der Waals surface area contributed by atoms with Crippen molar-refractivity contribution in [3.8, 4) is 0 Å². The average Bonchev–Trinajstić information content (AvgIpc) is 2.43. The smallest absolute Gasteiger partial charge is 0.322 e. The van der Waals surface area contributed by atoms with Crippen molar-refractivity contribution in [3.05, 3.63) is 29.8 Å². The zero-order valence-electron chi connectivity index (χ0n) is 12.6. The van der Waals surface area contributed by atoms with E-state index in [1.165, 1.54) is 7.05 Å². The highest BCUT2D eigenvalue weighted by molar-refractivity contribution is 6.03. The van der Waals surface area contributed by atoms with Gasteiger partial charge in [0.05, 0.1) is 13.0 Å². The molecule has 1 saturated heterocycles. The molecule has 0 unspecified atom stereocenters. The standard InChI is InChI=1S/C14H14F2N4O4/c1-20(13(23)10-5-11(21)19-14(24)18-10)6-12(22)17-9-3-7(15)2-8(16)4-9/h2-4,10H,5-6H2,1H3,(H,17,22)(H2,18,19,21,24)/t10-/m0/s1. The predicted octanol–water partition coefficient (Wildman–Crippen LogP) is -0.0402. The minimum Gasteiger partial charge on any atom is -0.335 e. The number of carbonyl (C=O) groups excluding carboxylic acids is 4. The van der Waals surface area contributed by atoms with E-state index in [1.54, 1.807) is 0 Å². The van der Waals surface area contributed by atoms with Crippen LogP contribution in [-0.2, 0) is 14.4 Å². The quantitative estimate of drug-likeness (QED) is 0.715. The van der Waals surface area contributed by atoms with Crippen LogP contribution in [0.5, 0.6) is 0 Å². The highest BCUT2D eigenvalue weighted by Crippen LogP contribution is 2.13. The third-order valence-electron chi connectivity index (χ3n) is 3.15. The van der Waals surface area contributed by atoms with Crippen LogP contribution in [-0.4, -0.2) is 48.3 Å². The Hall–Kier alpha value is -3.04. The number of nitrogens with one attached hydrogen (secondary N) is 3. The number of rotatable bonds is 4. The monoisotopic (exact) mass is 340 g/mol. The average molecular weight is 340 g/mol. The molecule has 10 heteroatoms. The predicted molar refractivity (Wildman–Crippen MR) is 77.7 cm³/mol. The minimum atomic E-state index is -1.07. The SMILES string of the molecule is CN(CC(=O)Nc1cc(F)cc(F)c1)C(=O)[C@@H]1CC(=O)NC(=O)N1. The number of carbonyl (C=O) groups is 4. The van der Waals surface area contributed by atoms with Crippen molar-refractivity contribution in [3.63, 3.8) is 0 Å². The van der Waals surface area contributed by atoms with Gasteiger partial charge < -0.3 is 15.5 Å². The van der Waals surface area contributed by atoms with Gasteiger partial charge >= 0.3 is 6.03 Å². The number of likely N-dealkylation sites (N-methyl/N-ethyl adjacent to an activating group) is 1. The molecule has 0 radical (unpaired) electrons. The number of hydrogen-bond acceptors (Lipinski definition) is 4. The lowest BCUT2D eigenvalue weighted by atomic mass is 10.1. The summed E-state index contributed by atoms with van der Waals surface area (Å²) in [4.78, 5) is 47.4. The van der Waals surface area contributed by atoms with Crippen LogP contribution < -0.4 is 16.0 Å². The Kier molecular flexibility index (Phi) is 5.07. The molecule has 1 aliphatic heterocycles. The van der Waals surface area contributed by atoms with Crippen LogP contribution in [0, 0.1) is 11.6 Å². The van der Waals surface area contributed by atoms with Crippen LogP contribution in [0.1, 0.15) is 6.42 Å². The van der Waals surface area contributed by atoms with E-state index in [2.05, 4.69) is 10.6 Å². The molecule has 128 valence electrons. The second kappa shape index (κ2) is 7.02. The van der Waals surface area contributed by atoms with Gasteiger partial charge in [0.25, 0.3) is 0 Å². The fourth-order valence-corrected chi connectivity index (χ4v) is 2.14. The number of anilines is 1. The van der Waals surface area contributed by atoms with E-state index in [4.69, 9.17) is 0 Å². The Balaban J connectivity index is 1.94. The summed E-state index contributed by atoms with van der Waals surface area (Å²) in [6.07, 6.45) is -0.244. The van der Waals surface area contributed by atoms with Crippen molar-refractivity contribution >= 4 is 29.4 Å². The second-order valence-electron chi connectivity index (χ2n) is 5.18. The molecule has 3 N–H and O–H groups in total. The van der Waals surface area contributed by atoms with Gasteiger partial charge in [0.2, 0.25) is 17.7 Å². The molecule has 5 amide bonds. The van der Waals surface area contributed by atoms with E-state index < -0.39 is 48.0 Å². The van der Waals surface area contributed by atoms with Crippen LogP contribution >= 0.6 is 0 Å². The van der Waals surface area contributed by atoms with Gasteiger partial charge in [0.15, 0.2) is 0 Å². The van der Waals surface area contributed by atoms with E-state index in [-0.39, 0.29) is 12.1 Å². The van der Waals surface area contributed by atoms with Crippen molar-refractivity contribution in [2.75, 3.05) is 18.9 Å². The zero-order chi connectivity index (χ0) is 17.9. The first-order chi connectivity index (χ1) is 11.2. The normalized spacial score (nSPS) is 16.9. The molecule has 2 rings (SSSR count). The topological polar surface area (TPSA) is 108 Å². The van der Waals surface area contributed by atoms with Gasteiger partial charge in [0, 0.05) is 18.8 Å². The van der Waals surface area contributed by atoms with E-state index in [0.29, 0.717) is 6.07 Å². The van der Waals surface area contributed by atoms with Gasteiger partial charge in [-0.3, -0.25) is 19.7 Å². The summed E-state index contributed by atoms with van der Waals surface area (Å²) in [7, 11) is 1.30. The maximum Gasteiger partial charge on any atom is 0.322 e. The fourth-order valence-electron chi connectivity index (χ4n) is 2.14. The lowest BCUT2D eigenvalue weighted by Crippen LogP contribution is -2.58. The zero-order valence-corrected chi connectivity index (χ0v) is 12.6. The summed E-state index contributed by atoms with van der Waals surface area (Å²) in [5, 5.41) is 6.50. The molecular formula is C14H14F2N4O4. The molecule has 1 aliphatic rings. The van der Waals surface area contributed by atoms with E-state index >= 15 is 0 Å². The van der Waals surface area contributed by atoms with Gasteiger partial charge in [-0.05, 0) is 12.1 Å². The Bertz CT molecular complexity index is 674. The molecule has 0 aliphatic carbocycles. The van der Waals surface area contributed by atoms with E-state index in [0.717, 1.165) is 17.0 Å². The summed E-state index contributed by atoms with van der Waals surface area (Å²) in [5.41, 5.74) is -0.0938. The number of benzene rings is 1. The Morgan fingerprint density at radius 2 is 1.88 bits per heavy atom. The molecule has 1 aromatic carbocycles. The first kappa shape index (κ1) is 17.3.